The number of aliphatic hydroxyl groups is 1. The standard InChI is InChI=1S/C37H41F3N4O4/c38-28-9-3-25(4-10-28)37(26-5-11-29(39)12-6-26,27-7-13-30(40)14-8-27)21-34(46)44-23-31(45)20-33(44)36(48)43-19-1-2-32(43)35(47)42-22-24-15-17-41-18-16-24/h3-14,24,31-33,41,45H,1-2,15-23H2,(H,42,47). The van der Waals surface area contributed by atoms with E-state index < -0.39 is 52.9 Å². The fourth-order valence-electron chi connectivity index (χ4n) is 7.60. The van der Waals surface area contributed by atoms with Gasteiger partial charge >= 0.3 is 0 Å². The number of aliphatic hydroxyl groups excluding tert-OH is 1. The van der Waals surface area contributed by atoms with Crippen LogP contribution in [0.25, 0.3) is 0 Å². The van der Waals surface area contributed by atoms with E-state index >= 15 is 0 Å². The van der Waals surface area contributed by atoms with E-state index in [4.69, 9.17) is 0 Å². The minimum Gasteiger partial charge on any atom is -0.391 e. The zero-order valence-corrected chi connectivity index (χ0v) is 26.7. The number of β-amino-alcohol motifs (C(OH)–C–C–N with tert-alkyl or cyclic N) is 1. The molecular weight excluding hydrogens is 621 g/mol. The summed E-state index contributed by atoms with van der Waals surface area (Å²) in [5.41, 5.74) is 0.173. The lowest BCUT2D eigenvalue weighted by Gasteiger charge is -2.38. The first kappa shape index (κ1) is 33.7. The first-order valence-corrected chi connectivity index (χ1v) is 16.7. The Morgan fingerprint density at radius 1 is 0.771 bits per heavy atom. The van der Waals surface area contributed by atoms with Gasteiger partial charge in [0, 0.05) is 32.5 Å². The molecule has 3 amide bonds. The second-order valence-corrected chi connectivity index (χ2v) is 13.2. The van der Waals surface area contributed by atoms with Crippen LogP contribution < -0.4 is 10.6 Å². The lowest BCUT2D eigenvalue weighted by molar-refractivity contribution is -0.146. The topological polar surface area (TPSA) is 102 Å². The summed E-state index contributed by atoms with van der Waals surface area (Å²) in [7, 11) is 0. The molecule has 3 heterocycles. The normalized spacial score (nSPS) is 21.8. The minimum atomic E-state index is -1.34. The van der Waals surface area contributed by atoms with Crippen LogP contribution in [0.3, 0.4) is 0 Å². The number of hydrogen-bond donors (Lipinski definition) is 3. The summed E-state index contributed by atoms with van der Waals surface area (Å²) in [5, 5.41) is 17.1. The lowest BCUT2D eigenvalue weighted by atomic mass is 9.67. The highest BCUT2D eigenvalue weighted by Gasteiger charge is 2.47. The molecular formula is C37H41F3N4O4. The van der Waals surface area contributed by atoms with Crippen LogP contribution in [0.4, 0.5) is 13.2 Å². The number of halogens is 3. The van der Waals surface area contributed by atoms with E-state index in [0.717, 1.165) is 25.9 Å². The van der Waals surface area contributed by atoms with Gasteiger partial charge in [-0.05, 0) is 97.8 Å². The number of piperidine rings is 1. The number of carbonyl (C=O) groups excluding carboxylic acids is 3. The average molecular weight is 663 g/mol. The minimum absolute atomic E-state index is 0.0150. The van der Waals surface area contributed by atoms with E-state index in [9.17, 15) is 32.7 Å². The van der Waals surface area contributed by atoms with Gasteiger partial charge in [0.1, 0.15) is 29.5 Å². The van der Waals surface area contributed by atoms with E-state index in [0.29, 0.717) is 48.5 Å². The maximum absolute atomic E-state index is 14.5. The first-order chi connectivity index (χ1) is 23.2. The van der Waals surface area contributed by atoms with Crippen molar-refractivity contribution in [1.82, 2.24) is 20.4 Å². The molecule has 3 atom stereocenters. The van der Waals surface area contributed by atoms with Crippen LogP contribution in [0.2, 0.25) is 0 Å². The Morgan fingerprint density at radius 3 is 1.81 bits per heavy atom. The molecule has 0 aromatic heterocycles. The molecule has 3 saturated heterocycles. The van der Waals surface area contributed by atoms with E-state index in [2.05, 4.69) is 10.6 Å². The van der Waals surface area contributed by atoms with Crippen molar-refractivity contribution >= 4 is 17.7 Å². The third kappa shape index (κ3) is 6.98. The zero-order chi connectivity index (χ0) is 33.8. The summed E-state index contributed by atoms with van der Waals surface area (Å²) in [6, 6.07) is 15.1. The van der Waals surface area contributed by atoms with E-state index in [1.807, 2.05) is 0 Å². The van der Waals surface area contributed by atoms with Gasteiger partial charge in [-0.2, -0.15) is 0 Å². The number of nitrogens with one attached hydrogen (secondary N) is 2. The monoisotopic (exact) mass is 662 g/mol. The summed E-state index contributed by atoms with van der Waals surface area (Å²) >= 11 is 0. The molecule has 48 heavy (non-hydrogen) atoms. The summed E-state index contributed by atoms with van der Waals surface area (Å²) in [5.74, 6) is -2.19. The lowest BCUT2D eigenvalue weighted by Crippen LogP contribution is -2.54. The molecule has 8 nitrogen and oxygen atoms in total. The molecule has 0 radical (unpaired) electrons. The Kier molecular flexibility index (Phi) is 10.2. The number of carbonyl (C=O) groups is 3. The van der Waals surface area contributed by atoms with Crippen molar-refractivity contribution in [2.75, 3.05) is 32.7 Å². The Hall–Kier alpha value is -4.22. The van der Waals surface area contributed by atoms with Gasteiger partial charge in [0.25, 0.3) is 0 Å². The third-order valence-corrected chi connectivity index (χ3v) is 10.2. The van der Waals surface area contributed by atoms with Gasteiger partial charge in [0.2, 0.25) is 17.7 Å². The smallest absolute Gasteiger partial charge is 0.246 e. The van der Waals surface area contributed by atoms with Crippen molar-refractivity contribution in [3.63, 3.8) is 0 Å². The molecule has 0 aliphatic carbocycles. The number of amides is 3. The van der Waals surface area contributed by atoms with Gasteiger partial charge in [-0.15, -0.1) is 0 Å². The van der Waals surface area contributed by atoms with Crippen molar-refractivity contribution in [3.8, 4) is 0 Å². The maximum atomic E-state index is 14.5. The third-order valence-electron chi connectivity index (χ3n) is 10.2. The fourth-order valence-corrected chi connectivity index (χ4v) is 7.60. The molecule has 3 unspecified atom stereocenters. The largest absolute Gasteiger partial charge is 0.391 e. The van der Waals surface area contributed by atoms with Crippen LogP contribution in [0.5, 0.6) is 0 Å². The van der Waals surface area contributed by atoms with Crippen molar-refractivity contribution in [1.29, 1.82) is 0 Å². The average Bonchev–Trinajstić information content (AvgIpc) is 3.75. The molecule has 0 bridgehead atoms. The van der Waals surface area contributed by atoms with Crippen LogP contribution in [-0.4, -0.2) is 83.5 Å². The van der Waals surface area contributed by atoms with Gasteiger partial charge in [0.15, 0.2) is 0 Å². The van der Waals surface area contributed by atoms with Crippen molar-refractivity contribution in [2.24, 2.45) is 5.92 Å². The highest BCUT2D eigenvalue weighted by Crippen LogP contribution is 2.43. The van der Waals surface area contributed by atoms with E-state index in [1.165, 1.54) is 82.6 Å². The number of likely N-dealkylation sites (tertiary alicyclic amines) is 2. The zero-order valence-electron chi connectivity index (χ0n) is 26.7. The SMILES string of the molecule is O=C(NCC1CCNCC1)C1CCCN1C(=O)C1CC(O)CN1C(=O)CC(c1ccc(F)cc1)(c1ccc(F)cc1)c1ccc(F)cc1. The molecule has 6 rings (SSSR count). The molecule has 0 saturated carbocycles. The first-order valence-electron chi connectivity index (χ1n) is 16.7. The molecule has 11 heteroatoms. The molecule has 3 aliphatic rings. The van der Waals surface area contributed by atoms with Crippen LogP contribution >= 0.6 is 0 Å². The molecule has 0 spiro atoms. The fraction of sp³-hybridized carbons (Fsp3) is 0.432. The predicted octanol–water partition coefficient (Wildman–Crippen LogP) is 3.90. The summed E-state index contributed by atoms with van der Waals surface area (Å²) < 4.78 is 42.5. The molecule has 3 N–H and O–H groups in total. The van der Waals surface area contributed by atoms with E-state index in [-0.39, 0.29) is 25.3 Å². The maximum Gasteiger partial charge on any atom is 0.246 e. The second kappa shape index (κ2) is 14.5. The predicted molar refractivity (Wildman–Crippen MR) is 173 cm³/mol. The highest BCUT2D eigenvalue weighted by atomic mass is 19.1. The van der Waals surface area contributed by atoms with Gasteiger partial charge in [-0.25, -0.2) is 13.2 Å². The van der Waals surface area contributed by atoms with Gasteiger partial charge in [-0.1, -0.05) is 36.4 Å². The molecule has 3 aromatic rings. The Balaban J connectivity index is 1.30. The van der Waals surface area contributed by atoms with Gasteiger partial charge in [-0.3, -0.25) is 14.4 Å². The van der Waals surface area contributed by atoms with Crippen LogP contribution in [-0.2, 0) is 19.8 Å². The number of rotatable bonds is 9. The summed E-state index contributed by atoms with van der Waals surface area (Å²) in [4.78, 5) is 44.8. The highest BCUT2D eigenvalue weighted by molar-refractivity contribution is 5.93. The molecule has 254 valence electrons. The quantitative estimate of drug-likeness (QED) is 0.302. The van der Waals surface area contributed by atoms with E-state index in [1.54, 1.807) is 0 Å². The Labute approximate surface area is 278 Å². The summed E-state index contributed by atoms with van der Waals surface area (Å²) in [6.07, 6.45) is 1.86. The summed E-state index contributed by atoms with van der Waals surface area (Å²) in [6.45, 7) is 2.63. The van der Waals surface area contributed by atoms with Crippen LogP contribution in [0, 0.1) is 23.4 Å². The second-order valence-electron chi connectivity index (χ2n) is 13.2. The number of benzene rings is 3. The van der Waals surface area contributed by atoms with Crippen molar-refractivity contribution in [2.45, 2.75) is 62.1 Å². The van der Waals surface area contributed by atoms with Crippen LogP contribution in [0.15, 0.2) is 72.8 Å². The van der Waals surface area contributed by atoms with Gasteiger partial charge in [0.05, 0.1) is 11.5 Å². The van der Waals surface area contributed by atoms with Crippen LogP contribution in [0.1, 0.15) is 55.2 Å². The van der Waals surface area contributed by atoms with Crippen molar-refractivity contribution in [3.05, 3.63) is 107 Å². The Morgan fingerprint density at radius 2 is 1.29 bits per heavy atom. The molecule has 3 aliphatic heterocycles. The molecule has 3 fully saturated rings. The van der Waals surface area contributed by atoms with Gasteiger partial charge < -0.3 is 25.5 Å². The Bertz CT molecular complexity index is 1490. The van der Waals surface area contributed by atoms with Crippen molar-refractivity contribution < 1.29 is 32.7 Å². The number of hydrogen-bond acceptors (Lipinski definition) is 5. The number of nitrogens with zero attached hydrogens (tertiary/aromatic N) is 2. The molecule has 3 aromatic carbocycles.